The second-order valence-corrected chi connectivity index (χ2v) is 4.40. The molecule has 0 saturated heterocycles. The maximum absolute atomic E-state index is 10.6. The van der Waals surface area contributed by atoms with Crippen LogP contribution in [0.25, 0.3) is 11.3 Å². The highest BCUT2D eigenvalue weighted by molar-refractivity contribution is 6.33. The minimum Gasteiger partial charge on any atom is -0.327 e. The zero-order valence-electron chi connectivity index (χ0n) is 10.2. The summed E-state index contributed by atoms with van der Waals surface area (Å²) in [6.07, 6.45) is 0.730. The van der Waals surface area contributed by atoms with Gasteiger partial charge in [0.2, 0.25) is 6.41 Å². The van der Waals surface area contributed by atoms with Crippen LogP contribution in [0.5, 0.6) is 0 Å². The maximum Gasteiger partial charge on any atom is 0.210 e. The van der Waals surface area contributed by atoms with Crippen LogP contribution in [0.4, 0.5) is 0 Å². The number of carbonyl (C=O) groups excluding carboxylic acids is 1. The fourth-order valence-electron chi connectivity index (χ4n) is 1.63. The molecule has 0 spiro atoms. The van der Waals surface area contributed by atoms with Crippen LogP contribution in [0.1, 0.15) is 5.69 Å². The van der Waals surface area contributed by atoms with Crippen LogP contribution in [-0.4, -0.2) is 33.4 Å². The first-order valence-electron chi connectivity index (χ1n) is 5.44. The van der Waals surface area contributed by atoms with E-state index >= 15 is 0 Å². The SMILES string of the molecule is Cc1nn(CN(C)C=O)nc1-c1ccccc1Cl. The van der Waals surface area contributed by atoms with Gasteiger partial charge < -0.3 is 4.90 Å². The molecule has 1 heterocycles. The predicted molar refractivity (Wildman–Crippen MR) is 69.0 cm³/mol. The first kappa shape index (κ1) is 12.6. The van der Waals surface area contributed by atoms with Crippen molar-refractivity contribution in [2.45, 2.75) is 13.6 Å². The molecule has 2 rings (SSSR count). The molecule has 0 aliphatic rings. The smallest absolute Gasteiger partial charge is 0.210 e. The van der Waals surface area contributed by atoms with Gasteiger partial charge in [0.15, 0.2) is 0 Å². The third kappa shape index (κ3) is 2.51. The van der Waals surface area contributed by atoms with Crippen molar-refractivity contribution in [3.05, 3.63) is 35.0 Å². The van der Waals surface area contributed by atoms with E-state index in [1.807, 2.05) is 31.2 Å². The highest BCUT2D eigenvalue weighted by Gasteiger charge is 2.12. The Morgan fingerprint density at radius 2 is 2.11 bits per heavy atom. The summed E-state index contributed by atoms with van der Waals surface area (Å²) in [6, 6.07) is 7.48. The van der Waals surface area contributed by atoms with Gasteiger partial charge in [-0.3, -0.25) is 4.79 Å². The summed E-state index contributed by atoms with van der Waals surface area (Å²) >= 11 is 6.13. The third-order valence-corrected chi connectivity index (χ3v) is 2.81. The quantitative estimate of drug-likeness (QED) is 0.793. The van der Waals surface area contributed by atoms with E-state index in [0.29, 0.717) is 11.7 Å². The van der Waals surface area contributed by atoms with Crippen molar-refractivity contribution in [3.8, 4) is 11.3 Å². The van der Waals surface area contributed by atoms with Crippen LogP contribution in [0.15, 0.2) is 24.3 Å². The summed E-state index contributed by atoms with van der Waals surface area (Å²) < 4.78 is 0. The van der Waals surface area contributed by atoms with Gasteiger partial charge in [-0.15, -0.1) is 0 Å². The second kappa shape index (κ2) is 5.18. The van der Waals surface area contributed by atoms with Crippen LogP contribution in [0.2, 0.25) is 5.02 Å². The molecular formula is C12H13ClN4O. The second-order valence-electron chi connectivity index (χ2n) is 3.99. The summed E-state index contributed by atoms with van der Waals surface area (Å²) in [6.45, 7) is 2.18. The van der Waals surface area contributed by atoms with E-state index in [-0.39, 0.29) is 0 Å². The molecular weight excluding hydrogens is 252 g/mol. The number of rotatable bonds is 4. The zero-order chi connectivity index (χ0) is 13.1. The molecule has 0 atom stereocenters. The molecule has 1 amide bonds. The Kier molecular flexibility index (Phi) is 3.62. The largest absolute Gasteiger partial charge is 0.327 e. The Labute approximate surface area is 110 Å². The van der Waals surface area contributed by atoms with Crippen LogP contribution < -0.4 is 0 Å². The number of carbonyl (C=O) groups is 1. The number of hydrogen-bond donors (Lipinski definition) is 0. The highest BCUT2D eigenvalue weighted by Crippen LogP contribution is 2.27. The first-order valence-corrected chi connectivity index (χ1v) is 5.82. The molecule has 18 heavy (non-hydrogen) atoms. The number of benzene rings is 1. The predicted octanol–water partition coefficient (Wildman–Crippen LogP) is 1.95. The van der Waals surface area contributed by atoms with Crippen molar-refractivity contribution < 1.29 is 4.79 Å². The average Bonchev–Trinajstić information content (AvgIpc) is 2.70. The van der Waals surface area contributed by atoms with Gasteiger partial charge in [-0.1, -0.05) is 29.8 Å². The lowest BCUT2D eigenvalue weighted by Crippen LogP contribution is -2.21. The maximum atomic E-state index is 10.6. The lowest BCUT2D eigenvalue weighted by Gasteiger charge is -2.08. The molecule has 2 aromatic rings. The van der Waals surface area contributed by atoms with Crippen molar-refractivity contribution in [2.24, 2.45) is 0 Å². The summed E-state index contributed by atoms with van der Waals surface area (Å²) in [5, 5.41) is 9.25. The normalized spacial score (nSPS) is 10.4. The van der Waals surface area contributed by atoms with Gasteiger partial charge >= 0.3 is 0 Å². The van der Waals surface area contributed by atoms with Crippen molar-refractivity contribution >= 4 is 18.0 Å². The summed E-state index contributed by atoms with van der Waals surface area (Å²) in [4.78, 5) is 13.5. The molecule has 0 bridgehead atoms. The minimum absolute atomic E-state index is 0.314. The molecule has 6 heteroatoms. The van der Waals surface area contributed by atoms with Crippen molar-refractivity contribution in [2.75, 3.05) is 7.05 Å². The van der Waals surface area contributed by atoms with Gasteiger partial charge in [0.05, 0.1) is 10.7 Å². The number of aryl methyl sites for hydroxylation is 1. The van der Waals surface area contributed by atoms with Gasteiger partial charge in [-0.25, -0.2) is 0 Å². The van der Waals surface area contributed by atoms with Gasteiger partial charge in [0.25, 0.3) is 0 Å². The molecule has 0 saturated carbocycles. The Bertz CT molecular complexity index is 567. The fraction of sp³-hybridized carbons (Fsp3) is 0.250. The average molecular weight is 265 g/mol. The fourth-order valence-corrected chi connectivity index (χ4v) is 1.85. The summed E-state index contributed by atoms with van der Waals surface area (Å²) in [7, 11) is 1.67. The molecule has 0 aliphatic heterocycles. The van der Waals surface area contributed by atoms with Crippen LogP contribution >= 0.6 is 11.6 Å². The van der Waals surface area contributed by atoms with Crippen LogP contribution in [0, 0.1) is 6.92 Å². The van der Waals surface area contributed by atoms with Crippen molar-refractivity contribution in [1.82, 2.24) is 19.9 Å². The third-order valence-electron chi connectivity index (χ3n) is 2.48. The molecule has 0 aliphatic carbocycles. The number of halogens is 1. The molecule has 0 fully saturated rings. The van der Waals surface area contributed by atoms with Crippen molar-refractivity contribution in [1.29, 1.82) is 0 Å². The number of amides is 1. The molecule has 5 nitrogen and oxygen atoms in total. The van der Waals surface area contributed by atoms with E-state index in [1.54, 1.807) is 7.05 Å². The van der Waals surface area contributed by atoms with Crippen LogP contribution in [0.3, 0.4) is 0 Å². The lowest BCUT2D eigenvalue weighted by molar-refractivity contribution is -0.118. The molecule has 0 radical (unpaired) electrons. The molecule has 1 aromatic carbocycles. The number of aromatic nitrogens is 3. The topological polar surface area (TPSA) is 51.0 Å². The van der Waals surface area contributed by atoms with E-state index in [4.69, 9.17) is 11.6 Å². The van der Waals surface area contributed by atoms with E-state index in [9.17, 15) is 4.79 Å². The molecule has 1 aromatic heterocycles. The van der Waals surface area contributed by atoms with Gasteiger partial charge in [-0.2, -0.15) is 15.0 Å². The molecule has 94 valence electrons. The van der Waals surface area contributed by atoms with Gasteiger partial charge in [-0.05, 0) is 13.0 Å². The first-order chi connectivity index (χ1) is 8.61. The Balaban J connectivity index is 2.35. The van der Waals surface area contributed by atoms with E-state index in [1.165, 1.54) is 9.70 Å². The monoisotopic (exact) mass is 264 g/mol. The van der Waals surface area contributed by atoms with E-state index in [2.05, 4.69) is 10.2 Å². The zero-order valence-corrected chi connectivity index (χ0v) is 10.9. The Morgan fingerprint density at radius 3 is 2.78 bits per heavy atom. The van der Waals surface area contributed by atoms with Crippen LogP contribution in [-0.2, 0) is 11.5 Å². The summed E-state index contributed by atoms with van der Waals surface area (Å²) in [5.41, 5.74) is 2.36. The lowest BCUT2D eigenvalue weighted by atomic mass is 10.1. The minimum atomic E-state index is 0.314. The Morgan fingerprint density at radius 1 is 1.39 bits per heavy atom. The number of nitrogens with zero attached hydrogens (tertiary/aromatic N) is 4. The molecule has 0 N–H and O–H groups in total. The summed E-state index contributed by atoms with van der Waals surface area (Å²) in [5.74, 6) is 0. The van der Waals surface area contributed by atoms with Gasteiger partial charge in [0, 0.05) is 12.6 Å². The number of hydrogen-bond acceptors (Lipinski definition) is 3. The van der Waals surface area contributed by atoms with E-state index < -0.39 is 0 Å². The highest BCUT2D eigenvalue weighted by atomic mass is 35.5. The molecule has 0 unspecified atom stereocenters. The van der Waals surface area contributed by atoms with Crippen molar-refractivity contribution in [3.63, 3.8) is 0 Å². The van der Waals surface area contributed by atoms with E-state index in [0.717, 1.165) is 23.4 Å². The van der Waals surface area contributed by atoms with Gasteiger partial charge in [0.1, 0.15) is 12.4 Å². The Hall–Kier alpha value is -1.88. The standard InChI is InChI=1S/C12H13ClN4O/c1-9-12(10-5-3-4-6-11(10)13)15-17(14-9)7-16(2)8-18/h3-6,8H,7H2,1-2H3.